The lowest BCUT2D eigenvalue weighted by Gasteiger charge is -2.03. The van der Waals surface area contributed by atoms with Gasteiger partial charge >= 0.3 is 0 Å². The van der Waals surface area contributed by atoms with Crippen LogP contribution < -0.4 is 4.68 Å². The van der Waals surface area contributed by atoms with Crippen LogP contribution in [-0.4, -0.2) is 17.7 Å². The van der Waals surface area contributed by atoms with E-state index in [1.807, 2.05) is 60.7 Å². The van der Waals surface area contributed by atoms with Crippen LogP contribution in [0, 0.1) is 0 Å². The van der Waals surface area contributed by atoms with Crippen LogP contribution in [0.25, 0.3) is 0 Å². The van der Waals surface area contributed by atoms with Gasteiger partial charge in [0.15, 0.2) is 11.9 Å². The van der Waals surface area contributed by atoms with Gasteiger partial charge in [-0.2, -0.15) is 0 Å². The molecule has 5 heteroatoms. The molecule has 0 fully saturated rings. The van der Waals surface area contributed by atoms with Gasteiger partial charge in [0, 0.05) is 12.8 Å². The summed E-state index contributed by atoms with van der Waals surface area (Å²) in [5.74, 6) is 0.488. The first-order valence-corrected chi connectivity index (χ1v) is 8.27. The molecule has 128 valence electrons. The third-order valence-electron chi connectivity index (χ3n) is 4.01. The summed E-state index contributed by atoms with van der Waals surface area (Å²) in [5.41, 5.74) is 1.99. The molecule has 1 aromatic heterocycles. The zero-order chi connectivity index (χ0) is 17.5. The van der Waals surface area contributed by atoms with Crippen LogP contribution in [0.3, 0.4) is 0 Å². The summed E-state index contributed by atoms with van der Waals surface area (Å²) in [6.07, 6.45) is 2.64. The van der Waals surface area contributed by atoms with E-state index in [1.54, 1.807) is 6.20 Å². The molecular formula is C20H20FN2O2+. The largest absolute Gasteiger partial charge is 0.305 e. The molecule has 4 nitrogen and oxygen atoms in total. The number of ketones is 1. The number of aromatic nitrogens is 2. The summed E-state index contributed by atoms with van der Waals surface area (Å²) in [5, 5.41) is 3.89. The third kappa shape index (κ3) is 4.83. The van der Waals surface area contributed by atoms with E-state index >= 15 is 0 Å². The maximum absolute atomic E-state index is 13.4. The van der Waals surface area contributed by atoms with Crippen LogP contribution in [0.1, 0.15) is 22.9 Å². The number of carbonyl (C=O) groups is 1. The van der Waals surface area contributed by atoms with Gasteiger partial charge in [-0.3, -0.25) is 4.79 Å². The molecule has 3 aromatic rings. The molecule has 0 saturated heterocycles. The molecule has 1 unspecified atom stereocenters. The van der Waals surface area contributed by atoms with Crippen LogP contribution in [0.2, 0.25) is 0 Å². The van der Waals surface area contributed by atoms with Crippen molar-refractivity contribution in [3.8, 4) is 0 Å². The molecule has 0 N–H and O–H groups in total. The maximum atomic E-state index is 13.4. The minimum Gasteiger partial charge on any atom is -0.305 e. The molecule has 0 saturated carbocycles. The quantitative estimate of drug-likeness (QED) is 0.593. The molecule has 0 aliphatic heterocycles. The van der Waals surface area contributed by atoms with E-state index in [0.29, 0.717) is 18.6 Å². The second-order valence-electron chi connectivity index (χ2n) is 6.02. The number of halogens is 1. The Balaban J connectivity index is 1.61. The topological polar surface area (TPSA) is 47.0 Å². The number of Topliss-reactive ketones (excluding diaryl/α,β-unsaturated/α-hetero) is 1. The summed E-state index contributed by atoms with van der Waals surface area (Å²) < 4.78 is 20.1. The molecule has 0 aliphatic rings. The lowest BCUT2D eigenvalue weighted by Crippen LogP contribution is -2.43. The number of nitrogens with zero attached hydrogens (tertiary/aromatic N) is 2. The van der Waals surface area contributed by atoms with Crippen LogP contribution >= 0.6 is 0 Å². The monoisotopic (exact) mass is 339 g/mol. The Hall–Kier alpha value is -2.82. The van der Waals surface area contributed by atoms with Crippen molar-refractivity contribution in [2.45, 2.75) is 25.3 Å². The van der Waals surface area contributed by atoms with E-state index in [4.69, 9.17) is 4.52 Å². The van der Waals surface area contributed by atoms with Gasteiger partial charge in [0.05, 0.1) is 6.42 Å². The molecule has 0 spiro atoms. The van der Waals surface area contributed by atoms with Gasteiger partial charge in [-0.1, -0.05) is 60.7 Å². The fourth-order valence-corrected chi connectivity index (χ4v) is 2.73. The first-order chi connectivity index (χ1) is 12.2. The van der Waals surface area contributed by atoms with E-state index in [9.17, 15) is 9.18 Å². The Bertz CT molecular complexity index is 803. The Kier molecular flexibility index (Phi) is 5.67. The molecule has 3 rings (SSSR count). The molecule has 1 atom stereocenters. The highest BCUT2D eigenvalue weighted by Crippen LogP contribution is 2.10. The van der Waals surface area contributed by atoms with Crippen molar-refractivity contribution in [1.29, 1.82) is 0 Å². The zero-order valence-electron chi connectivity index (χ0n) is 13.8. The molecule has 2 aromatic carbocycles. The summed E-state index contributed by atoms with van der Waals surface area (Å²) in [4.78, 5) is 12.2. The molecule has 0 bridgehead atoms. The van der Waals surface area contributed by atoms with Crippen LogP contribution in [0.15, 0.2) is 71.4 Å². The molecular weight excluding hydrogens is 319 g/mol. The lowest BCUT2D eigenvalue weighted by molar-refractivity contribution is -0.785. The highest BCUT2D eigenvalue weighted by atomic mass is 19.1. The summed E-state index contributed by atoms with van der Waals surface area (Å²) >= 11 is 0. The van der Waals surface area contributed by atoms with E-state index in [1.165, 1.54) is 4.68 Å². The number of hydrogen-bond acceptors (Lipinski definition) is 3. The minimum atomic E-state index is -0.552. The Labute approximate surface area is 145 Å². The van der Waals surface area contributed by atoms with Gasteiger partial charge < -0.3 is 4.52 Å². The predicted octanol–water partition coefficient (Wildman–Crippen LogP) is 3.07. The van der Waals surface area contributed by atoms with Crippen molar-refractivity contribution < 1.29 is 18.4 Å². The van der Waals surface area contributed by atoms with Crippen molar-refractivity contribution in [3.63, 3.8) is 0 Å². The zero-order valence-corrected chi connectivity index (χ0v) is 13.8. The Morgan fingerprint density at radius 2 is 1.64 bits per heavy atom. The van der Waals surface area contributed by atoms with E-state index < -0.39 is 12.7 Å². The lowest BCUT2D eigenvalue weighted by atomic mass is 10.1. The second-order valence-corrected chi connectivity index (χ2v) is 6.02. The van der Waals surface area contributed by atoms with Gasteiger partial charge in [-0.25, -0.2) is 4.39 Å². The number of rotatable bonds is 8. The maximum Gasteiger partial charge on any atom is 0.241 e. The standard InChI is InChI=1S/C20H20FN2O2/c21-14-18(11-16-7-3-1-4-8-16)23-15-20(25-22-23)13-19(24)12-17-9-5-2-6-10-17/h1-10,15,18H,11-14H2/q+1. The van der Waals surface area contributed by atoms with Crippen molar-refractivity contribution in [3.05, 3.63) is 83.7 Å². The number of carbonyl (C=O) groups excluding carboxylic acids is 1. The highest BCUT2D eigenvalue weighted by molar-refractivity contribution is 5.82. The summed E-state index contributed by atoms with van der Waals surface area (Å²) in [6.45, 7) is -0.552. The van der Waals surface area contributed by atoms with Crippen LogP contribution in [-0.2, 0) is 24.1 Å². The van der Waals surface area contributed by atoms with Crippen molar-refractivity contribution in [2.24, 2.45) is 0 Å². The van der Waals surface area contributed by atoms with E-state index in [2.05, 4.69) is 5.27 Å². The van der Waals surface area contributed by atoms with Crippen molar-refractivity contribution in [2.75, 3.05) is 6.67 Å². The molecule has 1 heterocycles. The van der Waals surface area contributed by atoms with Crippen LogP contribution in [0.4, 0.5) is 4.39 Å². The number of alkyl halides is 1. The van der Waals surface area contributed by atoms with Gasteiger partial charge in [0.25, 0.3) is 0 Å². The minimum absolute atomic E-state index is 0.0364. The molecule has 0 aliphatic carbocycles. The number of benzene rings is 2. The van der Waals surface area contributed by atoms with E-state index in [-0.39, 0.29) is 12.2 Å². The highest BCUT2D eigenvalue weighted by Gasteiger charge is 2.25. The van der Waals surface area contributed by atoms with Crippen molar-refractivity contribution >= 4 is 5.78 Å². The van der Waals surface area contributed by atoms with Gasteiger partial charge in [-0.05, 0) is 15.8 Å². The molecule has 25 heavy (non-hydrogen) atoms. The average Bonchev–Trinajstić information content (AvgIpc) is 3.09. The first-order valence-electron chi connectivity index (χ1n) is 8.27. The van der Waals surface area contributed by atoms with Gasteiger partial charge in [-0.15, -0.1) is 0 Å². The number of hydrogen-bond donors (Lipinski definition) is 0. The van der Waals surface area contributed by atoms with E-state index in [0.717, 1.165) is 11.1 Å². The van der Waals surface area contributed by atoms with Gasteiger partial charge in [0.2, 0.25) is 18.0 Å². The smallest absolute Gasteiger partial charge is 0.241 e. The summed E-state index contributed by atoms with van der Waals surface area (Å²) in [6, 6.07) is 18.8. The Morgan fingerprint density at radius 1 is 1.00 bits per heavy atom. The molecule has 0 amide bonds. The fourth-order valence-electron chi connectivity index (χ4n) is 2.73. The second kappa shape index (κ2) is 8.33. The predicted molar refractivity (Wildman–Crippen MR) is 90.7 cm³/mol. The van der Waals surface area contributed by atoms with Crippen molar-refractivity contribution in [1.82, 2.24) is 5.27 Å². The van der Waals surface area contributed by atoms with Gasteiger partial charge in [0.1, 0.15) is 5.78 Å². The fraction of sp³-hybridized carbons (Fsp3) is 0.250. The SMILES string of the molecule is O=C(Cc1ccccc1)Cc1c[n+](C(CF)Cc2ccccc2)no1. The average molecular weight is 339 g/mol. The first kappa shape index (κ1) is 17.0. The third-order valence-corrected chi connectivity index (χ3v) is 4.01. The van der Waals surface area contributed by atoms with Crippen LogP contribution in [0.5, 0.6) is 0 Å². The molecule has 0 radical (unpaired) electrons. The Morgan fingerprint density at radius 3 is 2.28 bits per heavy atom. The normalized spacial score (nSPS) is 12.0. The summed E-state index contributed by atoms with van der Waals surface area (Å²) in [7, 11) is 0.